The molecule has 4 rings (SSSR count). The van der Waals surface area contributed by atoms with Crippen molar-refractivity contribution < 1.29 is 0 Å². The first-order chi connectivity index (χ1) is 8.95. The summed E-state index contributed by atoms with van der Waals surface area (Å²) in [5, 5.41) is 0. The van der Waals surface area contributed by atoms with Gasteiger partial charge in [-0.3, -0.25) is 0 Å². The molecule has 0 nitrogen and oxygen atoms in total. The summed E-state index contributed by atoms with van der Waals surface area (Å²) in [5.41, 5.74) is 8.09. The van der Waals surface area contributed by atoms with Gasteiger partial charge in [-0.2, -0.15) is 0 Å². The number of allylic oxidation sites excluding steroid dienone is 5. The Labute approximate surface area is 107 Å². The second-order valence-electron chi connectivity index (χ2n) is 4.64. The molecule has 0 atom stereocenters. The molecule has 0 fully saturated rings. The van der Waals surface area contributed by atoms with Crippen molar-refractivity contribution in [3.8, 4) is 11.1 Å². The van der Waals surface area contributed by atoms with Gasteiger partial charge in [0.15, 0.2) is 0 Å². The van der Waals surface area contributed by atoms with Crippen molar-refractivity contribution >= 4 is 5.57 Å². The predicted octanol–water partition coefficient (Wildman–Crippen LogP) is 4.59. The zero-order valence-corrected chi connectivity index (χ0v) is 9.93. The van der Waals surface area contributed by atoms with Crippen LogP contribution >= 0.6 is 0 Å². The van der Waals surface area contributed by atoms with Gasteiger partial charge in [0.2, 0.25) is 0 Å². The molecule has 0 heterocycles. The van der Waals surface area contributed by atoms with Gasteiger partial charge in [0.25, 0.3) is 0 Å². The minimum atomic E-state index is 1.31. The van der Waals surface area contributed by atoms with Crippen LogP contribution in [0.3, 0.4) is 0 Å². The lowest BCUT2D eigenvalue weighted by Crippen LogP contribution is -1.84. The average Bonchev–Trinajstić information content (AvgIpc) is 3.03. The highest BCUT2D eigenvalue weighted by Crippen LogP contribution is 2.46. The first-order valence-electron chi connectivity index (χ1n) is 6.23. The Balaban J connectivity index is 2.14. The number of hydrogen-bond donors (Lipinski definition) is 0. The quantitative estimate of drug-likeness (QED) is 0.527. The van der Waals surface area contributed by atoms with Gasteiger partial charge in [-0.05, 0) is 33.4 Å². The summed E-state index contributed by atoms with van der Waals surface area (Å²) < 4.78 is 0. The topological polar surface area (TPSA) is 0 Å². The fourth-order valence-corrected chi connectivity index (χ4v) is 2.87. The lowest BCUT2D eigenvalue weighted by atomic mass is 9.99. The Morgan fingerprint density at radius 2 is 0.944 bits per heavy atom. The van der Waals surface area contributed by atoms with Crippen molar-refractivity contribution in [2.24, 2.45) is 0 Å². The second kappa shape index (κ2) is 3.58. The third-order valence-corrected chi connectivity index (χ3v) is 3.63. The molecule has 0 amide bonds. The van der Waals surface area contributed by atoms with Gasteiger partial charge in [-0.15, -0.1) is 0 Å². The molecule has 0 heteroatoms. The van der Waals surface area contributed by atoms with Gasteiger partial charge in [-0.1, -0.05) is 72.8 Å². The molecule has 2 aromatic rings. The normalized spacial score (nSPS) is 15.1. The predicted molar refractivity (Wildman–Crippen MR) is 76.2 cm³/mol. The van der Waals surface area contributed by atoms with Gasteiger partial charge in [0.05, 0.1) is 0 Å². The van der Waals surface area contributed by atoms with Crippen molar-refractivity contribution in [3.63, 3.8) is 0 Å². The Bertz CT molecular complexity index is 666. The molecular formula is C18H12. The molecule has 0 saturated carbocycles. The zero-order chi connectivity index (χ0) is 11.9. The van der Waals surface area contributed by atoms with E-state index in [4.69, 9.17) is 0 Å². The van der Waals surface area contributed by atoms with E-state index in [0.717, 1.165) is 0 Å². The summed E-state index contributed by atoms with van der Waals surface area (Å²) in [6.45, 7) is 0. The summed E-state index contributed by atoms with van der Waals surface area (Å²) in [7, 11) is 0. The van der Waals surface area contributed by atoms with Crippen LogP contribution in [0.5, 0.6) is 0 Å². The molecule has 2 aliphatic carbocycles. The van der Waals surface area contributed by atoms with Crippen LogP contribution < -0.4 is 0 Å². The fraction of sp³-hybridized carbons (Fsp3) is 0. The Hall–Kier alpha value is -2.34. The number of rotatable bonds is 0. The van der Waals surface area contributed by atoms with Crippen molar-refractivity contribution in [2.75, 3.05) is 0 Å². The highest BCUT2D eigenvalue weighted by molar-refractivity contribution is 6.03. The maximum Gasteiger partial charge on any atom is -0.00264 e. The zero-order valence-electron chi connectivity index (χ0n) is 9.93. The van der Waals surface area contributed by atoms with Crippen molar-refractivity contribution in [2.45, 2.75) is 0 Å². The molecule has 2 aliphatic rings. The van der Waals surface area contributed by atoms with E-state index in [0.29, 0.717) is 0 Å². The summed E-state index contributed by atoms with van der Waals surface area (Å²) in [6.07, 6.45) is 8.58. The van der Waals surface area contributed by atoms with E-state index < -0.39 is 0 Å². The summed E-state index contributed by atoms with van der Waals surface area (Å²) in [4.78, 5) is 0. The van der Waals surface area contributed by atoms with Crippen LogP contribution in [0.15, 0.2) is 78.4 Å². The number of fused-ring (bicyclic) bond motifs is 3. The van der Waals surface area contributed by atoms with Crippen LogP contribution in [0.25, 0.3) is 16.7 Å². The van der Waals surface area contributed by atoms with Crippen LogP contribution in [0.1, 0.15) is 11.1 Å². The molecule has 0 aliphatic heterocycles. The molecule has 0 N–H and O–H groups in total. The lowest BCUT2D eigenvalue weighted by Gasteiger charge is -2.04. The average molecular weight is 228 g/mol. The SMILES string of the molecule is C1=CC(=C2c3ccccc3-c3ccccc32)C=C1. The Kier molecular flexibility index (Phi) is 1.92. The summed E-state index contributed by atoms with van der Waals surface area (Å²) in [6, 6.07) is 17.3. The molecule has 84 valence electrons. The molecule has 0 aromatic heterocycles. The van der Waals surface area contributed by atoms with E-state index in [1.165, 1.54) is 33.4 Å². The van der Waals surface area contributed by atoms with Crippen LogP contribution in [0, 0.1) is 0 Å². The minimum Gasteiger partial charge on any atom is -0.0616 e. The molecule has 0 unspecified atom stereocenters. The van der Waals surface area contributed by atoms with E-state index in [2.05, 4.69) is 72.8 Å². The Morgan fingerprint density at radius 3 is 1.44 bits per heavy atom. The standard InChI is InChI=1S/C18H12/c1-2-8-13(7-1)18-16-11-5-3-9-14(16)15-10-4-6-12-17(15)18/h1-12H. The Morgan fingerprint density at radius 1 is 0.500 bits per heavy atom. The molecule has 0 bridgehead atoms. The van der Waals surface area contributed by atoms with E-state index in [9.17, 15) is 0 Å². The second-order valence-corrected chi connectivity index (χ2v) is 4.64. The van der Waals surface area contributed by atoms with Gasteiger partial charge in [0, 0.05) is 0 Å². The highest BCUT2D eigenvalue weighted by Gasteiger charge is 2.24. The van der Waals surface area contributed by atoms with Crippen LogP contribution in [0.4, 0.5) is 0 Å². The summed E-state index contributed by atoms with van der Waals surface area (Å²) in [5.74, 6) is 0. The minimum absolute atomic E-state index is 1.31. The van der Waals surface area contributed by atoms with Crippen LogP contribution in [-0.4, -0.2) is 0 Å². The number of benzene rings is 2. The van der Waals surface area contributed by atoms with Gasteiger partial charge in [-0.25, -0.2) is 0 Å². The largest absolute Gasteiger partial charge is 0.0616 e. The molecule has 2 aromatic carbocycles. The number of hydrogen-bond acceptors (Lipinski definition) is 0. The first-order valence-corrected chi connectivity index (χ1v) is 6.23. The first kappa shape index (κ1) is 9.67. The van der Waals surface area contributed by atoms with Crippen molar-refractivity contribution in [1.82, 2.24) is 0 Å². The van der Waals surface area contributed by atoms with Gasteiger partial charge in [0.1, 0.15) is 0 Å². The van der Waals surface area contributed by atoms with Gasteiger partial charge < -0.3 is 0 Å². The van der Waals surface area contributed by atoms with E-state index in [1.54, 1.807) is 0 Å². The smallest absolute Gasteiger partial charge is 0.00264 e. The maximum atomic E-state index is 2.22. The lowest BCUT2D eigenvalue weighted by molar-refractivity contribution is 1.63. The third-order valence-electron chi connectivity index (χ3n) is 3.63. The molecular weight excluding hydrogens is 216 g/mol. The van der Waals surface area contributed by atoms with E-state index in [-0.39, 0.29) is 0 Å². The molecule has 0 spiro atoms. The van der Waals surface area contributed by atoms with Gasteiger partial charge >= 0.3 is 0 Å². The molecule has 0 radical (unpaired) electrons. The summed E-state index contributed by atoms with van der Waals surface area (Å²) >= 11 is 0. The van der Waals surface area contributed by atoms with Crippen molar-refractivity contribution in [3.05, 3.63) is 89.5 Å². The third kappa shape index (κ3) is 1.20. The van der Waals surface area contributed by atoms with E-state index >= 15 is 0 Å². The highest BCUT2D eigenvalue weighted by atomic mass is 14.3. The van der Waals surface area contributed by atoms with Crippen LogP contribution in [-0.2, 0) is 0 Å². The molecule has 18 heavy (non-hydrogen) atoms. The maximum absolute atomic E-state index is 2.22. The van der Waals surface area contributed by atoms with Crippen LogP contribution in [0.2, 0.25) is 0 Å². The molecule has 0 saturated heterocycles. The van der Waals surface area contributed by atoms with E-state index in [1.807, 2.05) is 0 Å². The van der Waals surface area contributed by atoms with Crippen molar-refractivity contribution in [1.29, 1.82) is 0 Å². The fourth-order valence-electron chi connectivity index (χ4n) is 2.87. The monoisotopic (exact) mass is 228 g/mol.